The van der Waals surface area contributed by atoms with Crippen molar-refractivity contribution >= 4 is 6.03 Å². The van der Waals surface area contributed by atoms with Crippen LogP contribution in [0.5, 0.6) is 0 Å². The van der Waals surface area contributed by atoms with Crippen LogP contribution in [0.4, 0.5) is 4.79 Å². The van der Waals surface area contributed by atoms with Crippen LogP contribution in [0.1, 0.15) is 39.0 Å². The van der Waals surface area contributed by atoms with E-state index in [1.165, 1.54) is 23.9 Å². The van der Waals surface area contributed by atoms with Crippen molar-refractivity contribution in [1.82, 2.24) is 19.9 Å². The van der Waals surface area contributed by atoms with E-state index in [0.29, 0.717) is 12.6 Å². The Kier molecular flexibility index (Phi) is 4.51. The van der Waals surface area contributed by atoms with E-state index >= 15 is 0 Å². The zero-order valence-corrected chi connectivity index (χ0v) is 13.0. The van der Waals surface area contributed by atoms with Crippen molar-refractivity contribution in [2.24, 2.45) is 0 Å². The highest BCUT2D eigenvalue weighted by Crippen LogP contribution is 2.24. The number of benzene rings is 1. The van der Waals surface area contributed by atoms with Crippen LogP contribution in [0, 0.1) is 0 Å². The number of carbonyl (C=O) groups is 1. The van der Waals surface area contributed by atoms with E-state index in [1.54, 1.807) is 6.20 Å². The number of nitrogens with zero attached hydrogens (tertiary/aromatic N) is 4. The summed E-state index contributed by atoms with van der Waals surface area (Å²) < 4.78 is 1.44. The van der Waals surface area contributed by atoms with E-state index in [-0.39, 0.29) is 6.03 Å². The maximum absolute atomic E-state index is 12.9. The summed E-state index contributed by atoms with van der Waals surface area (Å²) >= 11 is 0. The number of hydrogen-bond donors (Lipinski definition) is 0. The van der Waals surface area contributed by atoms with Gasteiger partial charge in [-0.25, -0.2) is 4.79 Å². The lowest BCUT2D eigenvalue weighted by Gasteiger charge is -2.33. The van der Waals surface area contributed by atoms with Crippen molar-refractivity contribution in [1.29, 1.82) is 0 Å². The molecule has 1 fully saturated rings. The lowest BCUT2D eigenvalue weighted by Crippen LogP contribution is -2.44. The lowest BCUT2D eigenvalue weighted by molar-refractivity contribution is 0.158. The molecular weight excluding hydrogens is 276 g/mol. The third-order valence-corrected chi connectivity index (χ3v) is 4.40. The second kappa shape index (κ2) is 6.73. The van der Waals surface area contributed by atoms with Gasteiger partial charge in [0.05, 0.1) is 11.9 Å². The van der Waals surface area contributed by atoms with Crippen molar-refractivity contribution in [2.45, 2.75) is 45.1 Å². The summed E-state index contributed by atoms with van der Waals surface area (Å²) in [5, 5.41) is 7.98. The van der Waals surface area contributed by atoms with Gasteiger partial charge in [0.25, 0.3) is 0 Å². The second-order valence-corrected chi connectivity index (χ2v) is 5.76. The highest BCUT2D eigenvalue weighted by atomic mass is 16.2. The van der Waals surface area contributed by atoms with Crippen LogP contribution in [0.2, 0.25) is 0 Å². The molecule has 3 rings (SSSR count). The maximum Gasteiger partial charge on any atom is 0.346 e. The summed E-state index contributed by atoms with van der Waals surface area (Å²) in [5.41, 5.74) is 1.71. The molecule has 22 heavy (non-hydrogen) atoms. The molecule has 0 radical (unpaired) electrons. The standard InChI is InChI=1S/C17H22N4O/c1-2-20(15-11-7-4-8-12-15)17(22)21-16(13-18-19-21)14-9-5-3-6-10-14/h3,5-6,9-10,13,15H,2,4,7-8,11-12H2,1H3. The predicted octanol–water partition coefficient (Wildman–Crippen LogP) is 3.57. The van der Waals surface area contributed by atoms with E-state index in [4.69, 9.17) is 0 Å². The largest absolute Gasteiger partial charge is 0.346 e. The van der Waals surface area contributed by atoms with E-state index in [1.807, 2.05) is 42.2 Å². The van der Waals surface area contributed by atoms with Crippen molar-refractivity contribution in [3.63, 3.8) is 0 Å². The number of hydrogen-bond acceptors (Lipinski definition) is 3. The van der Waals surface area contributed by atoms with E-state index < -0.39 is 0 Å². The third kappa shape index (κ3) is 2.89. The summed E-state index contributed by atoms with van der Waals surface area (Å²) in [6.45, 7) is 2.74. The van der Waals surface area contributed by atoms with Crippen LogP contribution in [-0.2, 0) is 0 Å². The fourth-order valence-corrected chi connectivity index (χ4v) is 3.25. The predicted molar refractivity (Wildman–Crippen MR) is 85.5 cm³/mol. The normalized spacial score (nSPS) is 15.7. The number of carbonyl (C=O) groups excluding carboxylic acids is 1. The van der Waals surface area contributed by atoms with E-state index in [9.17, 15) is 4.79 Å². The van der Waals surface area contributed by atoms with Crippen LogP contribution in [0.15, 0.2) is 36.5 Å². The quantitative estimate of drug-likeness (QED) is 0.870. The molecule has 1 aliphatic carbocycles. The van der Waals surface area contributed by atoms with Gasteiger partial charge in [-0.05, 0) is 19.8 Å². The Labute approximate surface area is 130 Å². The maximum atomic E-state index is 12.9. The lowest BCUT2D eigenvalue weighted by atomic mass is 9.94. The van der Waals surface area contributed by atoms with E-state index in [2.05, 4.69) is 10.3 Å². The van der Waals surface area contributed by atoms with Gasteiger partial charge in [0.15, 0.2) is 0 Å². The minimum atomic E-state index is -0.0641. The van der Waals surface area contributed by atoms with Gasteiger partial charge in [-0.3, -0.25) is 0 Å². The molecule has 1 heterocycles. The zero-order chi connectivity index (χ0) is 15.4. The molecular formula is C17H22N4O. The zero-order valence-electron chi connectivity index (χ0n) is 13.0. The summed E-state index contributed by atoms with van der Waals surface area (Å²) in [5.74, 6) is 0. The molecule has 0 spiro atoms. The molecule has 0 atom stereocenters. The van der Waals surface area contributed by atoms with Gasteiger partial charge in [-0.1, -0.05) is 54.8 Å². The van der Waals surface area contributed by atoms with Gasteiger partial charge in [-0.15, -0.1) is 5.10 Å². The number of aromatic nitrogens is 3. The highest BCUT2D eigenvalue weighted by Gasteiger charge is 2.27. The summed E-state index contributed by atoms with van der Waals surface area (Å²) in [6, 6.07) is 10.1. The molecule has 1 aliphatic rings. The first-order valence-electron chi connectivity index (χ1n) is 8.08. The Morgan fingerprint density at radius 3 is 2.64 bits per heavy atom. The highest BCUT2D eigenvalue weighted by molar-refractivity contribution is 5.81. The fourth-order valence-electron chi connectivity index (χ4n) is 3.25. The van der Waals surface area contributed by atoms with E-state index in [0.717, 1.165) is 24.1 Å². The molecule has 0 unspecified atom stereocenters. The van der Waals surface area contributed by atoms with Gasteiger partial charge in [-0.2, -0.15) is 4.68 Å². The molecule has 1 aromatic carbocycles. The van der Waals surface area contributed by atoms with Crippen LogP contribution in [-0.4, -0.2) is 38.5 Å². The molecule has 5 heteroatoms. The average molecular weight is 298 g/mol. The Hall–Kier alpha value is -2.17. The average Bonchev–Trinajstić information content (AvgIpc) is 3.07. The molecule has 1 saturated carbocycles. The van der Waals surface area contributed by atoms with Gasteiger partial charge < -0.3 is 4.90 Å². The van der Waals surface area contributed by atoms with Gasteiger partial charge in [0.2, 0.25) is 0 Å². The van der Waals surface area contributed by atoms with Crippen molar-refractivity contribution in [3.8, 4) is 11.3 Å². The summed E-state index contributed by atoms with van der Waals surface area (Å²) in [4.78, 5) is 14.9. The molecule has 1 amide bonds. The topological polar surface area (TPSA) is 51.0 Å². The first kappa shape index (κ1) is 14.8. The fraction of sp³-hybridized carbons (Fsp3) is 0.471. The van der Waals surface area contributed by atoms with Crippen LogP contribution in [0.25, 0.3) is 11.3 Å². The molecule has 0 N–H and O–H groups in total. The van der Waals surface area contributed by atoms with Crippen molar-refractivity contribution < 1.29 is 4.79 Å². The third-order valence-electron chi connectivity index (χ3n) is 4.40. The first-order chi connectivity index (χ1) is 10.8. The van der Waals surface area contributed by atoms with Crippen LogP contribution in [0.3, 0.4) is 0 Å². The molecule has 2 aromatic rings. The molecule has 116 valence electrons. The number of amides is 1. The Bertz CT molecular complexity index is 617. The molecule has 0 aliphatic heterocycles. The van der Waals surface area contributed by atoms with Gasteiger partial charge in [0, 0.05) is 18.2 Å². The van der Waals surface area contributed by atoms with Gasteiger partial charge >= 0.3 is 6.03 Å². The summed E-state index contributed by atoms with van der Waals surface area (Å²) in [6.07, 6.45) is 7.53. The molecule has 5 nitrogen and oxygen atoms in total. The molecule has 0 bridgehead atoms. The second-order valence-electron chi connectivity index (χ2n) is 5.76. The minimum Gasteiger partial charge on any atom is -0.320 e. The van der Waals surface area contributed by atoms with Crippen LogP contribution < -0.4 is 0 Å². The van der Waals surface area contributed by atoms with Gasteiger partial charge in [0.1, 0.15) is 0 Å². The Morgan fingerprint density at radius 1 is 1.23 bits per heavy atom. The van der Waals surface area contributed by atoms with Crippen molar-refractivity contribution in [2.75, 3.05) is 6.54 Å². The smallest absolute Gasteiger partial charge is 0.320 e. The minimum absolute atomic E-state index is 0.0641. The van der Waals surface area contributed by atoms with Crippen LogP contribution >= 0.6 is 0 Å². The molecule has 1 aromatic heterocycles. The Morgan fingerprint density at radius 2 is 1.95 bits per heavy atom. The Balaban J connectivity index is 1.87. The SMILES string of the molecule is CCN(C(=O)n1nncc1-c1ccccc1)C1CCCCC1. The molecule has 0 saturated heterocycles. The number of rotatable bonds is 3. The first-order valence-corrected chi connectivity index (χ1v) is 8.08. The summed E-state index contributed by atoms with van der Waals surface area (Å²) in [7, 11) is 0. The monoisotopic (exact) mass is 298 g/mol. The van der Waals surface area contributed by atoms with Crippen molar-refractivity contribution in [3.05, 3.63) is 36.5 Å².